The van der Waals surface area contributed by atoms with Gasteiger partial charge in [-0.25, -0.2) is 0 Å². The third kappa shape index (κ3) is 5.13. The van der Waals surface area contributed by atoms with Crippen LogP contribution in [0.1, 0.15) is 49.9 Å². The van der Waals surface area contributed by atoms with Gasteiger partial charge in [0, 0.05) is 5.69 Å². The van der Waals surface area contributed by atoms with Gasteiger partial charge in [0.1, 0.15) is 0 Å². The molecule has 0 aliphatic rings. The van der Waals surface area contributed by atoms with Gasteiger partial charge in [0.15, 0.2) is 5.11 Å². The van der Waals surface area contributed by atoms with Crippen LogP contribution in [-0.4, -0.2) is 10.8 Å². The van der Waals surface area contributed by atoms with Crippen molar-refractivity contribution in [2.45, 2.75) is 47.0 Å². The zero-order valence-corrected chi connectivity index (χ0v) is 16.7. The summed E-state index contributed by atoms with van der Waals surface area (Å²) >= 11 is 5.36. The van der Waals surface area contributed by atoms with Gasteiger partial charge < -0.3 is 5.32 Å². The second kappa shape index (κ2) is 7.79. The van der Waals surface area contributed by atoms with Crippen LogP contribution in [0.25, 0.3) is 0 Å². The van der Waals surface area contributed by atoms with Gasteiger partial charge in [-0.05, 0) is 60.7 Å². The minimum atomic E-state index is 0.152. The maximum atomic E-state index is 5.36. The quantitative estimate of drug-likeness (QED) is 0.446. The van der Waals surface area contributed by atoms with Gasteiger partial charge in [-0.2, -0.15) is 5.10 Å². The fraction of sp³-hybridized carbons (Fsp3) is 0.333. The lowest BCUT2D eigenvalue weighted by atomic mass is 9.86. The fourth-order valence-corrected chi connectivity index (χ4v) is 2.71. The Labute approximate surface area is 156 Å². The Morgan fingerprint density at radius 2 is 1.52 bits per heavy atom. The van der Waals surface area contributed by atoms with Crippen molar-refractivity contribution >= 4 is 28.7 Å². The molecule has 0 saturated carbocycles. The molecule has 4 heteroatoms. The molecule has 0 fully saturated rings. The third-order valence-electron chi connectivity index (χ3n) is 4.21. The number of hydrogen-bond acceptors (Lipinski definition) is 2. The first-order valence-corrected chi connectivity index (χ1v) is 8.87. The summed E-state index contributed by atoms with van der Waals surface area (Å²) in [5.74, 6) is 0. The van der Waals surface area contributed by atoms with Crippen molar-refractivity contribution in [2.24, 2.45) is 5.10 Å². The summed E-state index contributed by atoms with van der Waals surface area (Å²) in [7, 11) is 0. The molecule has 0 aliphatic heterocycles. The van der Waals surface area contributed by atoms with Crippen LogP contribution < -0.4 is 10.7 Å². The molecular formula is C21H27N3S. The highest BCUT2D eigenvalue weighted by atomic mass is 32.1. The topological polar surface area (TPSA) is 36.4 Å². The van der Waals surface area contributed by atoms with Crippen LogP contribution in [0.2, 0.25) is 0 Å². The van der Waals surface area contributed by atoms with E-state index in [0.717, 1.165) is 28.1 Å². The first-order valence-electron chi connectivity index (χ1n) is 8.47. The highest BCUT2D eigenvalue weighted by Gasteiger charge is 2.13. The van der Waals surface area contributed by atoms with Gasteiger partial charge in [-0.15, -0.1) is 0 Å². The smallest absolute Gasteiger partial charge is 0.191 e. The monoisotopic (exact) mass is 353 g/mol. The van der Waals surface area contributed by atoms with Crippen molar-refractivity contribution in [1.29, 1.82) is 0 Å². The number of hydrogen-bond donors (Lipinski definition) is 2. The molecule has 0 heterocycles. The van der Waals surface area contributed by atoms with E-state index in [-0.39, 0.29) is 5.41 Å². The number of para-hydroxylation sites is 1. The van der Waals surface area contributed by atoms with Crippen LogP contribution in [0.4, 0.5) is 5.69 Å². The fourth-order valence-electron chi connectivity index (χ4n) is 2.56. The summed E-state index contributed by atoms with van der Waals surface area (Å²) in [6.07, 6.45) is 0. The van der Waals surface area contributed by atoms with E-state index in [9.17, 15) is 0 Å². The van der Waals surface area contributed by atoms with E-state index in [0.29, 0.717) is 5.11 Å². The number of aryl methyl sites for hydroxylation is 2. The van der Waals surface area contributed by atoms with Crippen molar-refractivity contribution in [2.75, 3.05) is 5.32 Å². The number of nitrogens with zero attached hydrogens (tertiary/aromatic N) is 1. The number of rotatable bonds is 3. The number of anilines is 1. The van der Waals surface area contributed by atoms with Gasteiger partial charge in [0.25, 0.3) is 0 Å². The number of benzene rings is 2. The number of nitrogens with one attached hydrogen (secondary N) is 2. The molecule has 0 spiro atoms. The third-order valence-corrected chi connectivity index (χ3v) is 4.41. The van der Waals surface area contributed by atoms with E-state index in [2.05, 4.69) is 86.9 Å². The SMILES string of the molecule is C/C(=N/NC(=S)Nc1c(C)cccc1C)c1ccc(C(C)(C)C)cc1. The molecule has 0 amide bonds. The van der Waals surface area contributed by atoms with Gasteiger partial charge >= 0.3 is 0 Å². The summed E-state index contributed by atoms with van der Waals surface area (Å²) < 4.78 is 0. The molecule has 0 unspecified atom stereocenters. The number of hydrazone groups is 1. The molecule has 0 atom stereocenters. The lowest BCUT2D eigenvalue weighted by molar-refractivity contribution is 0.590. The summed E-state index contributed by atoms with van der Waals surface area (Å²) in [6.45, 7) is 12.7. The van der Waals surface area contributed by atoms with E-state index in [1.165, 1.54) is 5.56 Å². The lowest BCUT2D eigenvalue weighted by Crippen LogP contribution is -2.25. The normalized spacial score (nSPS) is 12.0. The predicted octanol–water partition coefficient (Wildman–Crippen LogP) is 5.31. The molecule has 2 rings (SSSR count). The Morgan fingerprint density at radius 3 is 2.04 bits per heavy atom. The van der Waals surface area contributed by atoms with Gasteiger partial charge in [-0.3, -0.25) is 5.43 Å². The van der Waals surface area contributed by atoms with Gasteiger partial charge in [0.2, 0.25) is 0 Å². The van der Waals surface area contributed by atoms with E-state index < -0.39 is 0 Å². The first-order chi connectivity index (χ1) is 11.7. The maximum absolute atomic E-state index is 5.36. The first kappa shape index (κ1) is 19.1. The Bertz CT molecular complexity index is 764. The van der Waals surface area contributed by atoms with Crippen LogP contribution in [0.15, 0.2) is 47.6 Å². The molecule has 0 saturated heterocycles. The van der Waals surface area contributed by atoms with Crippen molar-refractivity contribution in [3.8, 4) is 0 Å². The zero-order chi connectivity index (χ0) is 18.6. The van der Waals surface area contributed by atoms with Crippen LogP contribution in [0, 0.1) is 13.8 Å². The molecule has 3 nitrogen and oxygen atoms in total. The second-order valence-corrected chi connectivity index (χ2v) is 7.77. The van der Waals surface area contributed by atoms with Gasteiger partial charge in [-0.1, -0.05) is 63.2 Å². The number of thiocarbonyl (C=S) groups is 1. The maximum Gasteiger partial charge on any atom is 0.191 e. The highest BCUT2D eigenvalue weighted by molar-refractivity contribution is 7.80. The predicted molar refractivity (Wildman–Crippen MR) is 113 cm³/mol. The van der Waals surface area contributed by atoms with E-state index >= 15 is 0 Å². The van der Waals surface area contributed by atoms with Crippen LogP contribution in [0.5, 0.6) is 0 Å². The van der Waals surface area contributed by atoms with Crippen molar-refractivity contribution < 1.29 is 0 Å². The largest absolute Gasteiger partial charge is 0.331 e. The van der Waals surface area contributed by atoms with Crippen LogP contribution in [0.3, 0.4) is 0 Å². The van der Waals surface area contributed by atoms with E-state index in [4.69, 9.17) is 12.2 Å². The molecule has 0 radical (unpaired) electrons. The summed E-state index contributed by atoms with van der Waals surface area (Å²) in [4.78, 5) is 0. The standard InChI is InChI=1S/C21H27N3S/c1-14-8-7-9-15(2)19(14)22-20(25)24-23-16(3)17-10-12-18(13-11-17)21(4,5)6/h7-13H,1-6H3,(H2,22,24,25)/b23-16-. The minimum absolute atomic E-state index is 0.152. The zero-order valence-electron chi connectivity index (χ0n) is 15.9. The Morgan fingerprint density at radius 1 is 0.960 bits per heavy atom. The van der Waals surface area contributed by atoms with Crippen molar-refractivity contribution in [1.82, 2.24) is 5.43 Å². The van der Waals surface area contributed by atoms with Crippen molar-refractivity contribution in [3.63, 3.8) is 0 Å². The molecule has 25 heavy (non-hydrogen) atoms. The molecule has 0 aliphatic carbocycles. The second-order valence-electron chi connectivity index (χ2n) is 7.36. The average Bonchev–Trinajstić information content (AvgIpc) is 2.55. The van der Waals surface area contributed by atoms with Crippen molar-refractivity contribution in [3.05, 3.63) is 64.7 Å². The minimum Gasteiger partial charge on any atom is -0.331 e. The summed E-state index contributed by atoms with van der Waals surface area (Å²) in [6, 6.07) is 14.7. The summed E-state index contributed by atoms with van der Waals surface area (Å²) in [5.41, 5.74) is 9.71. The van der Waals surface area contributed by atoms with E-state index in [1.54, 1.807) is 0 Å². The molecular weight excluding hydrogens is 326 g/mol. The molecule has 2 aromatic carbocycles. The van der Waals surface area contributed by atoms with Crippen LogP contribution in [-0.2, 0) is 5.41 Å². The average molecular weight is 354 g/mol. The Kier molecular flexibility index (Phi) is 5.96. The molecule has 132 valence electrons. The lowest BCUT2D eigenvalue weighted by Gasteiger charge is -2.19. The highest BCUT2D eigenvalue weighted by Crippen LogP contribution is 2.22. The Balaban J connectivity index is 2.04. The molecule has 0 bridgehead atoms. The van der Waals surface area contributed by atoms with Crippen LogP contribution >= 0.6 is 12.2 Å². The molecule has 0 aromatic heterocycles. The summed E-state index contributed by atoms with van der Waals surface area (Å²) in [5, 5.41) is 8.12. The molecule has 2 aromatic rings. The van der Waals surface area contributed by atoms with Gasteiger partial charge in [0.05, 0.1) is 5.71 Å². The van der Waals surface area contributed by atoms with E-state index in [1.807, 2.05) is 13.0 Å². The molecule has 2 N–H and O–H groups in total. The Hall–Kier alpha value is -2.20.